The number of nitrogens with zero attached hydrogens (tertiary/aromatic N) is 3. The van der Waals surface area contributed by atoms with Crippen LogP contribution in [0.25, 0.3) is 5.65 Å². The third-order valence-corrected chi connectivity index (χ3v) is 2.09. The Labute approximate surface area is 85.3 Å². The van der Waals surface area contributed by atoms with E-state index in [0.29, 0.717) is 11.2 Å². The molecule has 6 heteroatoms. The summed E-state index contributed by atoms with van der Waals surface area (Å²) in [5, 5.41) is 12.6. The van der Waals surface area contributed by atoms with Crippen LogP contribution in [0.15, 0.2) is 24.7 Å². The van der Waals surface area contributed by atoms with Gasteiger partial charge in [0.25, 0.3) is 0 Å². The molecular weight excluding hydrogens is 196 g/mol. The maximum atomic E-state index is 10.5. The van der Waals surface area contributed by atoms with Gasteiger partial charge in [0.05, 0.1) is 12.6 Å². The van der Waals surface area contributed by atoms with Gasteiger partial charge in [-0.25, -0.2) is 9.50 Å². The first-order chi connectivity index (χ1) is 7.16. The number of fused-ring (bicyclic) bond motifs is 1. The maximum absolute atomic E-state index is 10.5. The van der Waals surface area contributed by atoms with Gasteiger partial charge in [0, 0.05) is 30.1 Å². The fraction of sp³-hybridized carbons (Fsp3) is 0.222. The zero-order valence-corrected chi connectivity index (χ0v) is 7.87. The van der Waals surface area contributed by atoms with Crippen LogP contribution in [-0.4, -0.2) is 25.7 Å². The number of carboxylic acids is 1. The Balaban J connectivity index is 2.30. The number of carbonyl (C=O) groups is 1. The van der Waals surface area contributed by atoms with E-state index >= 15 is 0 Å². The molecule has 0 aromatic carbocycles. The standard InChI is InChI=1S/C9H10N4O2/c10-7(3-9(14)15)6-4-11-8-1-2-12-13(8)5-6/h1-2,4-5,7H,3,10H2,(H,14,15). The first-order valence-electron chi connectivity index (χ1n) is 4.43. The van der Waals surface area contributed by atoms with Crippen molar-refractivity contribution in [2.45, 2.75) is 12.5 Å². The van der Waals surface area contributed by atoms with Gasteiger partial charge in [0.2, 0.25) is 0 Å². The molecule has 0 aliphatic rings. The quantitative estimate of drug-likeness (QED) is 0.748. The maximum Gasteiger partial charge on any atom is 0.305 e. The van der Waals surface area contributed by atoms with Gasteiger partial charge in [-0.2, -0.15) is 5.10 Å². The Kier molecular flexibility index (Phi) is 2.34. The minimum atomic E-state index is -0.928. The molecule has 0 saturated heterocycles. The van der Waals surface area contributed by atoms with Crippen molar-refractivity contribution in [1.82, 2.24) is 14.6 Å². The number of hydrogen-bond acceptors (Lipinski definition) is 4. The average Bonchev–Trinajstić information content (AvgIpc) is 2.62. The van der Waals surface area contributed by atoms with Gasteiger partial charge in [-0.3, -0.25) is 4.79 Å². The predicted octanol–water partition coefficient (Wildman–Crippen LogP) is 0.204. The highest BCUT2D eigenvalue weighted by atomic mass is 16.4. The van der Waals surface area contributed by atoms with Crippen LogP contribution in [0, 0.1) is 0 Å². The molecule has 0 aliphatic heterocycles. The first kappa shape index (κ1) is 9.60. The molecule has 1 atom stereocenters. The van der Waals surface area contributed by atoms with Crippen LogP contribution in [0.5, 0.6) is 0 Å². The number of rotatable bonds is 3. The van der Waals surface area contributed by atoms with Gasteiger partial charge in [-0.15, -0.1) is 0 Å². The minimum Gasteiger partial charge on any atom is -0.481 e. The van der Waals surface area contributed by atoms with Crippen molar-refractivity contribution >= 4 is 11.6 Å². The van der Waals surface area contributed by atoms with E-state index in [2.05, 4.69) is 10.1 Å². The van der Waals surface area contributed by atoms with Crippen molar-refractivity contribution in [2.75, 3.05) is 0 Å². The summed E-state index contributed by atoms with van der Waals surface area (Å²) in [5.74, 6) is -0.928. The lowest BCUT2D eigenvalue weighted by Gasteiger charge is -2.08. The van der Waals surface area contributed by atoms with E-state index in [4.69, 9.17) is 10.8 Å². The topological polar surface area (TPSA) is 93.5 Å². The number of aromatic nitrogens is 3. The summed E-state index contributed by atoms with van der Waals surface area (Å²) >= 11 is 0. The number of aliphatic carboxylic acids is 1. The molecule has 0 saturated carbocycles. The number of carboxylic acid groups (broad SMARTS) is 1. The van der Waals surface area contributed by atoms with Crippen molar-refractivity contribution in [2.24, 2.45) is 5.73 Å². The highest BCUT2D eigenvalue weighted by molar-refractivity contribution is 5.67. The van der Waals surface area contributed by atoms with Gasteiger partial charge in [-0.1, -0.05) is 0 Å². The number of nitrogens with two attached hydrogens (primary N) is 1. The summed E-state index contributed by atoms with van der Waals surface area (Å²) in [6, 6.07) is 1.20. The molecule has 0 bridgehead atoms. The smallest absolute Gasteiger partial charge is 0.305 e. The van der Waals surface area contributed by atoms with Crippen LogP contribution in [0.4, 0.5) is 0 Å². The lowest BCUT2D eigenvalue weighted by Crippen LogP contribution is -2.16. The zero-order valence-electron chi connectivity index (χ0n) is 7.87. The summed E-state index contributed by atoms with van der Waals surface area (Å²) in [7, 11) is 0. The van der Waals surface area contributed by atoms with E-state index in [-0.39, 0.29) is 6.42 Å². The van der Waals surface area contributed by atoms with Gasteiger partial charge in [0.15, 0.2) is 5.65 Å². The molecule has 0 spiro atoms. The summed E-state index contributed by atoms with van der Waals surface area (Å²) in [5.41, 5.74) is 7.06. The molecule has 2 aromatic heterocycles. The largest absolute Gasteiger partial charge is 0.481 e. The molecule has 0 amide bonds. The molecule has 2 heterocycles. The molecule has 15 heavy (non-hydrogen) atoms. The van der Waals surface area contributed by atoms with Gasteiger partial charge >= 0.3 is 5.97 Å². The van der Waals surface area contributed by atoms with Crippen LogP contribution in [0.2, 0.25) is 0 Å². The summed E-state index contributed by atoms with van der Waals surface area (Å²) < 4.78 is 1.57. The molecule has 2 rings (SSSR count). The lowest BCUT2D eigenvalue weighted by atomic mass is 10.1. The Bertz CT molecular complexity index is 494. The molecule has 1 unspecified atom stereocenters. The van der Waals surface area contributed by atoms with E-state index < -0.39 is 12.0 Å². The molecule has 0 radical (unpaired) electrons. The molecule has 6 nitrogen and oxygen atoms in total. The first-order valence-corrected chi connectivity index (χ1v) is 4.43. The SMILES string of the molecule is NC(CC(=O)O)c1cnc2ccnn2c1. The van der Waals surface area contributed by atoms with E-state index in [1.807, 2.05) is 0 Å². The predicted molar refractivity (Wildman–Crippen MR) is 52.2 cm³/mol. The molecule has 2 aromatic rings. The second-order valence-corrected chi connectivity index (χ2v) is 3.23. The van der Waals surface area contributed by atoms with Crippen LogP contribution < -0.4 is 5.73 Å². The van der Waals surface area contributed by atoms with Gasteiger partial charge in [-0.05, 0) is 0 Å². The summed E-state index contributed by atoms with van der Waals surface area (Å²) in [4.78, 5) is 14.6. The highest BCUT2D eigenvalue weighted by Gasteiger charge is 2.11. The van der Waals surface area contributed by atoms with E-state index in [1.165, 1.54) is 0 Å². The fourth-order valence-electron chi connectivity index (χ4n) is 1.32. The number of hydrogen-bond donors (Lipinski definition) is 2. The minimum absolute atomic E-state index is 0.117. The van der Waals surface area contributed by atoms with Crippen LogP contribution >= 0.6 is 0 Å². The normalized spacial score (nSPS) is 12.9. The Morgan fingerprint density at radius 3 is 3.20 bits per heavy atom. The van der Waals surface area contributed by atoms with Crippen molar-refractivity contribution < 1.29 is 9.90 Å². The third-order valence-electron chi connectivity index (χ3n) is 2.09. The molecule has 0 fully saturated rings. The molecule has 78 valence electrons. The third kappa shape index (κ3) is 1.94. The van der Waals surface area contributed by atoms with Crippen molar-refractivity contribution in [1.29, 1.82) is 0 Å². The monoisotopic (exact) mass is 206 g/mol. The highest BCUT2D eigenvalue weighted by Crippen LogP contribution is 2.12. The summed E-state index contributed by atoms with van der Waals surface area (Å²) in [6.07, 6.45) is 4.77. The second-order valence-electron chi connectivity index (χ2n) is 3.23. The van der Waals surface area contributed by atoms with Crippen molar-refractivity contribution in [3.05, 3.63) is 30.2 Å². The Hall–Kier alpha value is -1.95. The molecule has 0 aliphatic carbocycles. The Morgan fingerprint density at radius 1 is 1.67 bits per heavy atom. The van der Waals surface area contributed by atoms with Crippen molar-refractivity contribution in [3.63, 3.8) is 0 Å². The lowest BCUT2D eigenvalue weighted by molar-refractivity contribution is -0.137. The van der Waals surface area contributed by atoms with Gasteiger partial charge in [0.1, 0.15) is 0 Å². The Morgan fingerprint density at radius 2 is 2.47 bits per heavy atom. The fourth-order valence-corrected chi connectivity index (χ4v) is 1.32. The van der Waals surface area contributed by atoms with Gasteiger partial charge < -0.3 is 10.8 Å². The average molecular weight is 206 g/mol. The molecule has 3 N–H and O–H groups in total. The van der Waals surface area contributed by atoms with Crippen molar-refractivity contribution in [3.8, 4) is 0 Å². The van der Waals surface area contributed by atoms with E-state index in [0.717, 1.165) is 0 Å². The summed E-state index contributed by atoms with van der Waals surface area (Å²) in [6.45, 7) is 0. The second kappa shape index (κ2) is 3.66. The zero-order chi connectivity index (χ0) is 10.8. The molecular formula is C9H10N4O2. The van der Waals surface area contributed by atoms with Crippen LogP contribution in [-0.2, 0) is 4.79 Å². The van der Waals surface area contributed by atoms with Crippen LogP contribution in [0.1, 0.15) is 18.0 Å². The van der Waals surface area contributed by atoms with E-state index in [9.17, 15) is 4.79 Å². The van der Waals surface area contributed by atoms with Crippen LogP contribution in [0.3, 0.4) is 0 Å². The van der Waals surface area contributed by atoms with E-state index in [1.54, 1.807) is 29.2 Å².